The van der Waals surface area contributed by atoms with Crippen LogP contribution in [0.25, 0.3) is 10.8 Å². The molecule has 3 aliphatic rings. The lowest BCUT2D eigenvalue weighted by molar-refractivity contribution is -0.159. The Morgan fingerprint density at radius 1 is 1.03 bits per heavy atom. The summed E-state index contributed by atoms with van der Waals surface area (Å²) in [6.07, 6.45) is 3.44. The topological polar surface area (TPSA) is 38.8 Å². The second kappa shape index (κ2) is 7.10. The number of fused-ring (bicyclic) bond motifs is 7. The summed E-state index contributed by atoms with van der Waals surface area (Å²) >= 11 is 0. The SMILES string of the molecule is COC(=O)[C@]12COc3ccc4ccccc4c3[C@H]1N1CCCC[C@@H]1[C@H]2c1ccccc1. The Morgan fingerprint density at radius 2 is 1.84 bits per heavy atom. The van der Waals surface area contributed by atoms with E-state index in [0.717, 1.165) is 30.7 Å². The maximum Gasteiger partial charge on any atom is 0.317 e. The summed E-state index contributed by atoms with van der Waals surface area (Å²) in [6, 6.07) is 23.4. The van der Waals surface area contributed by atoms with E-state index in [1.54, 1.807) is 0 Å². The Labute approximate surface area is 182 Å². The molecule has 4 heteroatoms. The van der Waals surface area contributed by atoms with Crippen LogP contribution in [0.1, 0.15) is 42.3 Å². The first-order valence-electron chi connectivity index (χ1n) is 11.3. The zero-order chi connectivity index (χ0) is 21.0. The fourth-order valence-corrected chi connectivity index (χ4v) is 6.61. The lowest BCUT2D eigenvalue weighted by Gasteiger charge is -2.43. The highest BCUT2D eigenvalue weighted by Gasteiger charge is 2.67. The molecule has 3 aromatic carbocycles. The van der Waals surface area contributed by atoms with Gasteiger partial charge in [-0.05, 0) is 41.8 Å². The van der Waals surface area contributed by atoms with E-state index in [1.165, 1.54) is 29.9 Å². The zero-order valence-electron chi connectivity index (χ0n) is 17.8. The minimum atomic E-state index is -0.762. The minimum absolute atomic E-state index is 0.0403. The van der Waals surface area contributed by atoms with E-state index in [0.29, 0.717) is 12.6 Å². The van der Waals surface area contributed by atoms with Gasteiger partial charge in [-0.2, -0.15) is 0 Å². The third-order valence-electron chi connectivity index (χ3n) is 7.75. The van der Waals surface area contributed by atoms with Gasteiger partial charge in [-0.25, -0.2) is 0 Å². The molecule has 0 unspecified atom stereocenters. The number of hydrogen-bond donors (Lipinski definition) is 0. The number of esters is 1. The van der Waals surface area contributed by atoms with Crippen LogP contribution in [0.3, 0.4) is 0 Å². The molecule has 0 spiro atoms. The quantitative estimate of drug-likeness (QED) is 0.549. The number of rotatable bonds is 2. The number of piperidine rings is 1. The molecule has 4 atom stereocenters. The first-order chi connectivity index (χ1) is 15.3. The number of methoxy groups -OCH3 is 1. The predicted molar refractivity (Wildman–Crippen MR) is 120 cm³/mol. The van der Waals surface area contributed by atoms with Crippen molar-refractivity contribution in [1.82, 2.24) is 4.90 Å². The Balaban J connectivity index is 1.66. The Bertz CT molecular complexity index is 1140. The number of carbonyl (C=O) groups excluding carboxylic acids is 1. The van der Waals surface area contributed by atoms with Crippen molar-refractivity contribution in [2.75, 3.05) is 20.3 Å². The highest BCUT2D eigenvalue weighted by atomic mass is 16.5. The first kappa shape index (κ1) is 18.9. The van der Waals surface area contributed by atoms with E-state index in [2.05, 4.69) is 65.6 Å². The fourth-order valence-electron chi connectivity index (χ4n) is 6.61. The molecule has 2 saturated heterocycles. The van der Waals surface area contributed by atoms with Crippen LogP contribution >= 0.6 is 0 Å². The summed E-state index contributed by atoms with van der Waals surface area (Å²) in [4.78, 5) is 16.3. The van der Waals surface area contributed by atoms with Crippen molar-refractivity contribution in [3.63, 3.8) is 0 Å². The average molecular weight is 414 g/mol. The molecular weight excluding hydrogens is 386 g/mol. The van der Waals surface area contributed by atoms with Gasteiger partial charge in [0, 0.05) is 17.5 Å². The van der Waals surface area contributed by atoms with E-state index in [9.17, 15) is 4.79 Å². The van der Waals surface area contributed by atoms with Crippen molar-refractivity contribution in [2.24, 2.45) is 5.41 Å². The van der Waals surface area contributed by atoms with Gasteiger partial charge >= 0.3 is 5.97 Å². The maximum atomic E-state index is 13.7. The van der Waals surface area contributed by atoms with Crippen molar-refractivity contribution in [2.45, 2.75) is 37.3 Å². The van der Waals surface area contributed by atoms with Crippen molar-refractivity contribution < 1.29 is 14.3 Å². The van der Waals surface area contributed by atoms with E-state index < -0.39 is 5.41 Å². The summed E-state index contributed by atoms with van der Waals surface area (Å²) in [7, 11) is 1.52. The molecular formula is C27H27NO3. The lowest BCUT2D eigenvalue weighted by Crippen LogP contribution is -2.48. The molecule has 4 nitrogen and oxygen atoms in total. The molecule has 0 aromatic heterocycles. The molecule has 0 radical (unpaired) electrons. The van der Waals surface area contributed by atoms with Crippen molar-refractivity contribution in [3.05, 3.63) is 77.9 Å². The molecule has 0 bridgehead atoms. The highest BCUT2D eigenvalue weighted by Crippen LogP contribution is 2.64. The normalized spacial score (nSPS) is 29.5. The standard InChI is InChI=1S/C27H27NO3/c1-30-26(29)27-17-31-22-15-14-18-9-5-6-12-20(18)23(22)25(27)28-16-8-7-13-21(28)24(27)19-10-3-2-4-11-19/h2-6,9-12,14-15,21,24-25H,7-8,13,16-17H2,1H3/t21-,24-,25-,27+/m1/s1. The summed E-state index contributed by atoms with van der Waals surface area (Å²) in [6.45, 7) is 1.35. The van der Waals surface area contributed by atoms with Crippen molar-refractivity contribution in [3.8, 4) is 5.75 Å². The van der Waals surface area contributed by atoms with Gasteiger partial charge in [0.1, 0.15) is 17.8 Å². The van der Waals surface area contributed by atoms with Crippen LogP contribution in [0.2, 0.25) is 0 Å². The van der Waals surface area contributed by atoms with Crippen LogP contribution in [0.4, 0.5) is 0 Å². The number of ether oxygens (including phenoxy) is 2. The summed E-state index contributed by atoms with van der Waals surface area (Å²) < 4.78 is 11.9. The molecule has 2 fully saturated rings. The monoisotopic (exact) mass is 413 g/mol. The smallest absolute Gasteiger partial charge is 0.317 e. The first-order valence-corrected chi connectivity index (χ1v) is 11.3. The Morgan fingerprint density at radius 3 is 2.68 bits per heavy atom. The second-order valence-corrected chi connectivity index (χ2v) is 9.11. The van der Waals surface area contributed by atoms with Crippen LogP contribution in [0.5, 0.6) is 5.75 Å². The van der Waals surface area contributed by atoms with Gasteiger partial charge in [-0.15, -0.1) is 0 Å². The number of hydrogen-bond acceptors (Lipinski definition) is 4. The van der Waals surface area contributed by atoms with E-state index in [1.807, 2.05) is 6.07 Å². The van der Waals surface area contributed by atoms with Gasteiger partial charge in [-0.1, -0.05) is 67.1 Å². The van der Waals surface area contributed by atoms with Gasteiger partial charge in [-0.3, -0.25) is 9.69 Å². The van der Waals surface area contributed by atoms with E-state index >= 15 is 0 Å². The third kappa shape index (κ3) is 2.54. The average Bonchev–Trinajstić information content (AvgIpc) is 3.15. The van der Waals surface area contributed by atoms with Crippen LogP contribution in [0, 0.1) is 5.41 Å². The molecule has 3 aromatic rings. The van der Waals surface area contributed by atoms with Crippen molar-refractivity contribution in [1.29, 1.82) is 0 Å². The lowest BCUT2D eigenvalue weighted by atomic mass is 9.65. The van der Waals surface area contributed by atoms with Crippen molar-refractivity contribution >= 4 is 16.7 Å². The molecule has 0 N–H and O–H groups in total. The molecule has 0 aliphatic carbocycles. The molecule has 3 heterocycles. The van der Waals surface area contributed by atoms with Crippen LogP contribution in [-0.2, 0) is 9.53 Å². The molecule has 0 amide bonds. The Hall–Kier alpha value is -2.85. The third-order valence-corrected chi connectivity index (χ3v) is 7.75. The van der Waals surface area contributed by atoms with Crippen LogP contribution in [0.15, 0.2) is 66.7 Å². The molecule has 3 aliphatic heterocycles. The number of benzene rings is 3. The second-order valence-electron chi connectivity index (χ2n) is 9.11. The maximum absolute atomic E-state index is 13.7. The highest BCUT2D eigenvalue weighted by molar-refractivity contribution is 5.91. The fraction of sp³-hybridized carbons (Fsp3) is 0.370. The van der Waals surface area contributed by atoms with E-state index in [4.69, 9.17) is 9.47 Å². The van der Waals surface area contributed by atoms with Gasteiger partial charge in [0.25, 0.3) is 0 Å². The molecule has 0 saturated carbocycles. The number of carbonyl (C=O) groups is 1. The zero-order valence-corrected chi connectivity index (χ0v) is 17.8. The molecule has 6 rings (SSSR count). The predicted octanol–water partition coefficient (Wildman–Crippen LogP) is 5.08. The van der Waals surface area contributed by atoms with Gasteiger partial charge < -0.3 is 9.47 Å². The largest absolute Gasteiger partial charge is 0.492 e. The van der Waals surface area contributed by atoms with Crippen LogP contribution in [-0.4, -0.2) is 37.2 Å². The van der Waals surface area contributed by atoms with Crippen LogP contribution < -0.4 is 4.74 Å². The minimum Gasteiger partial charge on any atom is -0.492 e. The Kier molecular flexibility index (Phi) is 4.32. The number of nitrogens with zero attached hydrogens (tertiary/aromatic N) is 1. The van der Waals surface area contributed by atoms with E-state index in [-0.39, 0.29) is 17.9 Å². The van der Waals surface area contributed by atoms with Gasteiger partial charge in [0.2, 0.25) is 0 Å². The van der Waals surface area contributed by atoms with Gasteiger partial charge in [0.15, 0.2) is 0 Å². The summed E-state index contributed by atoms with van der Waals surface area (Å²) in [5.41, 5.74) is 1.60. The van der Waals surface area contributed by atoms with Gasteiger partial charge in [0.05, 0.1) is 13.2 Å². The summed E-state index contributed by atoms with van der Waals surface area (Å²) in [5, 5.41) is 2.36. The molecule has 31 heavy (non-hydrogen) atoms. The summed E-state index contributed by atoms with van der Waals surface area (Å²) in [5.74, 6) is 0.791. The molecule has 158 valence electrons.